The van der Waals surface area contributed by atoms with E-state index in [1.54, 1.807) is 26.0 Å². The smallest absolute Gasteiger partial charge is 0.338 e. The number of aromatic nitrogens is 3. The molecule has 1 atom stereocenters. The number of aliphatic hydroxyl groups is 1. The van der Waals surface area contributed by atoms with Gasteiger partial charge in [-0.3, -0.25) is 0 Å². The van der Waals surface area contributed by atoms with Gasteiger partial charge in [-0.25, -0.2) is 14.8 Å². The molecular formula is C20H26N4O3. The van der Waals surface area contributed by atoms with E-state index in [1.807, 2.05) is 10.6 Å². The highest BCUT2D eigenvalue weighted by molar-refractivity contribution is 6.08. The van der Waals surface area contributed by atoms with Crippen LogP contribution in [0.1, 0.15) is 50.8 Å². The fraction of sp³-hybridized carbons (Fsp3) is 0.450. The molecule has 3 N–H and O–H groups in total. The Morgan fingerprint density at radius 1 is 1.33 bits per heavy atom. The third-order valence-corrected chi connectivity index (χ3v) is 4.33. The molecule has 0 aliphatic carbocycles. The molecule has 3 rings (SSSR count). The summed E-state index contributed by atoms with van der Waals surface area (Å²) in [6.45, 7) is 10.4. The lowest BCUT2D eigenvalue weighted by Gasteiger charge is -2.21. The van der Waals surface area contributed by atoms with Crippen molar-refractivity contribution in [3.05, 3.63) is 29.6 Å². The van der Waals surface area contributed by atoms with Gasteiger partial charge in [-0.1, -0.05) is 20.8 Å². The Morgan fingerprint density at radius 2 is 2.04 bits per heavy atom. The van der Waals surface area contributed by atoms with E-state index in [2.05, 4.69) is 25.8 Å². The first kappa shape index (κ1) is 19.1. The van der Waals surface area contributed by atoms with Gasteiger partial charge in [0.1, 0.15) is 11.3 Å². The zero-order valence-corrected chi connectivity index (χ0v) is 16.4. The molecule has 1 unspecified atom stereocenters. The summed E-state index contributed by atoms with van der Waals surface area (Å²) >= 11 is 0. The first-order chi connectivity index (χ1) is 12.6. The molecular weight excluding hydrogens is 344 g/mol. The molecule has 1 aromatic carbocycles. The van der Waals surface area contributed by atoms with Gasteiger partial charge in [0.2, 0.25) is 0 Å². The minimum atomic E-state index is -0.549. The van der Waals surface area contributed by atoms with Crippen molar-refractivity contribution in [3.8, 4) is 0 Å². The van der Waals surface area contributed by atoms with Crippen molar-refractivity contribution < 1.29 is 14.6 Å². The van der Waals surface area contributed by atoms with Crippen molar-refractivity contribution in [1.29, 1.82) is 0 Å². The molecule has 0 spiro atoms. The van der Waals surface area contributed by atoms with Crippen LogP contribution in [-0.2, 0) is 16.7 Å². The molecule has 0 saturated heterocycles. The highest BCUT2D eigenvalue weighted by Crippen LogP contribution is 2.33. The third kappa shape index (κ3) is 3.47. The summed E-state index contributed by atoms with van der Waals surface area (Å²) < 4.78 is 7.08. The van der Waals surface area contributed by atoms with Gasteiger partial charge in [-0.15, -0.1) is 0 Å². The van der Waals surface area contributed by atoms with Crippen LogP contribution in [-0.4, -0.2) is 38.3 Å². The quantitative estimate of drug-likeness (QED) is 0.684. The highest BCUT2D eigenvalue weighted by atomic mass is 16.5. The number of hydrogen-bond donors (Lipinski definition) is 2. The summed E-state index contributed by atoms with van der Waals surface area (Å²) in [6, 6.07) is 5.23. The van der Waals surface area contributed by atoms with Crippen LogP contribution in [0.25, 0.3) is 21.9 Å². The lowest BCUT2D eigenvalue weighted by atomic mass is 9.95. The van der Waals surface area contributed by atoms with Crippen LogP contribution in [0, 0.1) is 0 Å². The molecule has 0 aliphatic rings. The van der Waals surface area contributed by atoms with E-state index in [0.717, 1.165) is 16.7 Å². The van der Waals surface area contributed by atoms with Crippen molar-refractivity contribution in [3.63, 3.8) is 0 Å². The summed E-state index contributed by atoms with van der Waals surface area (Å²) in [7, 11) is 0. The summed E-state index contributed by atoms with van der Waals surface area (Å²) in [6.07, 6.45) is -0.549. The van der Waals surface area contributed by atoms with Crippen molar-refractivity contribution in [2.75, 3.05) is 12.3 Å². The molecule has 7 heteroatoms. The summed E-state index contributed by atoms with van der Waals surface area (Å²) in [5.74, 6) is 0.731. The molecule has 0 fully saturated rings. The first-order valence-electron chi connectivity index (χ1n) is 9.08. The maximum atomic E-state index is 12.1. The van der Waals surface area contributed by atoms with Gasteiger partial charge < -0.3 is 20.1 Å². The monoisotopic (exact) mass is 370 g/mol. The van der Waals surface area contributed by atoms with Gasteiger partial charge in [-0.05, 0) is 32.0 Å². The van der Waals surface area contributed by atoms with Gasteiger partial charge >= 0.3 is 5.97 Å². The largest absolute Gasteiger partial charge is 0.462 e. The third-order valence-electron chi connectivity index (χ3n) is 4.33. The number of pyridine rings is 1. The minimum absolute atomic E-state index is 0.239. The van der Waals surface area contributed by atoms with Crippen molar-refractivity contribution in [1.82, 2.24) is 14.5 Å². The SMILES string of the molecule is CCOC(=O)c1ccc2c(c1)nc(N)c1nc(C(C)(C)C)n(CC(C)O)c12. The number of ether oxygens (including phenoxy) is 1. The van der Waals surface area contributed by atoms with Gasteiger partial charge in [0.15, 0.2) is 5.82 Å². The number of nitrogens with two attached hydrogens (primary N) is 1. The molecule has 0 bridgehead atoms. The topological polar surface area (TPSA) is 103 Å². The molecule has 0 saturated carbocycles. The van der Waals surface area contributed by atoms with Crippen molar-refractivity contribution in [2.45, 2.75) is 52.7 Å². The fourth-order valence-electron chi connectivity index (χ4n) is 3.27. The van der Waals surface area contributed by atoms with E-state index in [-0.39, 0.29) is 5.41 Å². The van der Waals surface area contributed by atoms with Crippen LogP contribution in [0.3, 0.4) is 0 Å². The van der Waals surface area contributed by atoms with Crippen molar-refractivity contribution in [2.24, 2.45) is 0 Å². The molecule has 2 heterocycles. The number of aliphatic hydroxyl groups excluding tert-OH is 1. The zero-order valence-electron chi connectivity index (χ0n) is 16.4. The second-order valence-electron chi connectivity index (χ2n) is 7.79. The number of carbonyl (C=O) groups excluding carboxylic acids is 1. The average Bonchev–Trinajstić information content (AvgIpc) is 2.94. The lowest BCUT2D eigenvalue weighted by Crippen LogP contribution is -2.22. The van der Waals surface area contributed by atoms with E-state index in [1.165, 1.54) is 0 Å². The average molecular weight is 370 g/mol. The number of benzene rings is 1. The van der Waals surface area contributed by atoms with Crippen LogP contribution in [0.15, 0.2) is 18.2 Å². The Bertz CT molecular complexity index is 1020. The summed E-state index contributed by atoms with van der Waals surface area (Å²) in [5.41, 5.74) is 8.41. The molecule has 144 valence electrons. The van der Waals surface area contributed by atoms with E-state index >= 15 is 0 Å². The standard InChI is InChI=1S/C20H26N4O3/c1-6-27-18(26)12-7-8-13-14(9-12)22-17(21)15-16(13)24(10-11(2)25)19(23-15)20(3,4)5/h7-9,11,25H,6,10H2,1-5H3,(H2,21,22). The Morgan fingerprint density at radius 3 is 2.63 bits per heavy atom. The Labute approximate surface area is 158 Å². The molecule has 0 amide bonds. The fourth-order valence-corrected chi connectivity index (χ4v) is 3.27. The Hall–Kier alpha value is -2.67. The normalized spacial score (nSPS) is 13.3. The van der Waals surface area contributed by atoms with E-state index in [9.17, 15) is 9.90 Å². The second-order valence-corrected chi connectivity index (χ2v) is 7.79. The molecule has 2 aromatic heterocycles. The molecule has 0 radical (unpaired) electrons. The van der Waals surface area contributed by atoms with Crippen LogP contribution in [0.4, 0.5) is 5.82 Å². The van der Waals surface area contributed by atoms with Gasteiger partial charge in [-0.2, -0.15) is 0 Å². The lowest BCUT2D eigenvalue weighted by molar-refractivity contribution is 0.0526. The first-order valence-corrected chi connectivity index (χ1v) is 9.08. The Balaban J connectivity index is 2.34. The maximum Gasteiger partial charge on any atom is 0.338 e. The van der Waals surface area contributed by atoms with Gasteiger partial charge in [0, 0.05) is 10.8 Å². The maximum absolute atomic E-state index is 12.1. The molecule has 27 heavy (non-hydrogen) atoms. The van der Waals surface area contributed by atoms with E-state index in [0.29, 0.717) is 35.6 Å². The number of fused-ring (bicyclic) bond motifs is 3. The summed E-state index contributed by atoms with van der Waals surface area (Å²) in [5, 5.41) is 10.9. The molecule has 7 nitrogen and oxygen atoms in total. The minimum Gasteiger partial charge on any atom is -0.462 e. The Kier molecular flexibility index (Phi) is 4.82. The molecule has 3 aromatic rings. The van der Waals surface area contributed by atoms with Crippen LogP contribution >= 0.6 is 0 Å². The second kappa shape index (κ2) is 6.81. The number of rotatable bonds is 4. The predicted molar refractivity (Wildman–Crippen MR) is 106 cm³/mol. The van der Waals surface area contributed by atoms with Crippen LogP contribution < -0.4 is 5.73 Å². The van der Waals surface area contributed by atoms with E-state index < -0.39 is 12.1 Å². The number of anilines is 1. The molecule has 0 aliphatic heterocycles. The highest BCUT2D eigenvalue weighted by Gasteiger charge is 2.26. The van der Waals surface area contributed by atoms with Crippen molar-refractivity contribution >= 4 is 33.7 Å². The van der Waals surface area contributed by atoms with Crippen LogP contribution in [0.2, 0.25) is 0 Å². The number of nitrogen functional groups attached to an aromatic ring is 1. The number of imidazole rings is 1. The summed E-state index contributed by atoms with van der Waals surface area (Å²) in [4.78, 5) is 21.3. The number of carbonyl (C=O) groups is 1. The van der Waals surface area contributed by atoms with Gasteiger partial charge in [0.25, 0.3) is 0 Å². The van der Waals surface area contributed by atoms with E-state index in [4.69, 9.17) is 15.5 Å². The van der Waals surface area contributed by atoms with Gasteiger partial charge in [0.05, 0.1) is 35.9 Å². The number of nitrogens with zero attached hydrogens (tertiary/aromatic N) is 3. The zero-order chi connectivity index (χ0) is 19.9. The predicted octanol–water partition coefficient (Wildman–Crippen LogP) is 3.02. The number of esters is 1. The number of hydrogen-bond acceptors (Lipinski definition) is 6. The van der Waals surface area contributed by atoms with Crippen LogP contribution in [0.5, 0.6) is 0 Å².